The number of aromatic nitrogens is 2. The van der Waals surface area contributed by atoms with Crippen LogP contribution in [0, 0.1) is 6.57 Å². The molecule has 3 heterocycles. The first kappa shape index (κ1) is 19.0. The Morgan fingerprint density at radius 1 is 0.818 bits per heavy atom. The van der Waals surface area contributed by atoms with Crippen molar-refractivity contribution in [2.75, 3.05) is 0 Å². The number of carbonyl (C=O) groups excluding carboxylic acids is 1. The van der Waals surface area contributed by atoms with Gasteiger partial charge in [0, 0.05) is 18.1 Å². The Kier molecular flexibility index (Phi) is 4.14. The molecule has 0 bridgehead atoms. The molecule has 5 nitrogen and oxygen atoms in total. The molecule has 0 unspecified atom stereocenters. The normalized spacial score (nSPS) is 11.9. The van der Waals surface area contributed by atoms with E-state index in [1.54, 1.807) is 16.8 Å². The van der Waals surface area contributed by atoms with Gasteiger partial charge in [-0.2, -0.15) is 0 Å². The molecule has 3 aromatic carbocycles. The number of fused-ring (bicyclic) bond motifs is 4. The van der Waals surface area contributed by atoms with Gasteiger partial charge in [-0.3, -0.25) is 14.2 Å². The average molecular weight is 427 g/mol. The molecule has 0 atom stereocenters. The van der Waals surface area contributed by atoms with E-state index in [9.17, 15) is 9.59 Å². The van der Waals surface area contributed by atoms with Gasteiger partial charge in [0.15, 0.2) is 11.1 Å². The van der Waals surface area contributed by atoms with Crippen molar-refractivity contribution >= 4 is 22.5 Å². The van der Waals surface area contributed by atoms with E-state index in [0.29, 0.717) is 34.6 Å². The second-order valence-electron chi connectivity index (χ2n) is 8.05. The van der Waals surface area contributed by atoms with E-state index < -0.39 is 0 Å². The van der Waals surface area contributed by atoms with Crippen LogP contribution < -0.4 is 5.43 Å². The summed E-state index contributed by atoms with van der Waals surface area (Å²) in [5.41, 5.74) is 5.63. The number of hydrogen-bond acceptors (Lipinski definition) is 2. The van der Waals surface area contributed by atoms with Gasteiger partial charge in [0.1, 0.15) is 5.69 Å². The molecule has 5 aromatic rings. The molecule has 0 fully saturated rings. The fraction of sp³-hybridized carbons (Fsp3) is 0.0357. The highest BCUT2D eigenvalue weighted by atomic mass is 16.2. The maximum atomic E-state index is 13.3. The first-order valence-corrected chi connectivity index (χ1v) is 10.6. The summed E-state index contributed by atoms with van der Waals surface area (Å²) in [5.74, 6) is -0.185. The Labute approximate surface area is 189 Å². The van der Waals surface area contributed by atoms with Crippen LogP contribution >= 0.6 is 0 Å². The van der Waals surface area contributed by atoms with Gasteiger partial charge in [-0.1, -0.05) is 60.7 Å². The minimum Gasteiger partial charge on any atom is -0.331 e. The zero-order valence-electron chi connectivity index (χ0n) is 17.5. The smallest absolute Gasteiger partial charge is 0.279 e. The van der Waals surface area contributed by atoms with Crippen LogP contribution in [-0.2, 0) is 6.54 Å². The second-order valence-corrected chi connectivity index (χ2v) is 8.05. The number of para-hydroxylation sites is 2. The van der Waals surface area contributed by atoms with Crippen LogP contribution in [0.15, 0.2) is 95.9 Å². The highest BCUT2D eigenvalue weighted by Crippen LogP contribution is 2.33. The van der Waals surface area contributed by atoms with Crippen LogP contribution in [0.25, 0.3) is 38.1 Å². The van der Waals surface area contributed by atoms with Crippen molar-refractivity contribution in [3.8, 4) is 22.4 Å². The van der Waals surface area contributed by atoms with E-state index in [-0.39, 0.29) is 11.3 Å². The molecule has 2 aromatic heterocycles. The molecule has 0 saturated carbocycles. The predicted molar refractivity (Wildman–Crippen MR) is 129 cm³/mol. The van der Waals surface area contributed by atoms with Crippen molar-refractivity contribution < 1.29 is 4.79 Å². The van der Waals surface area contributed by atoms with E-state index in [2.05, 4.69) is 4.85 Å². The molecule has 33 heavy (non-hydrogen) atoms. The van der Waals surface area contributed by atoms with Crippen molar-refractivity contribution in [3.63, 3.8) is 0 Å². The minimum absolute atomic E-state index is 0.117. The van der Waals surface area contributed by atoms with Gasteiger partial charge in [-0.25, -0.2) is 4.85 Å². The monoisotopic (exact) mass is 427 g/mol. The lowest BCUT2D eigenvalue weighted by Gasteiger charge is -2.16. The van der Waals surface area contributed by atoms with Crippen LogP contribution in [-0.4, -0.2) is 15.0 Å². The summed E-state index contributed by atoms with van der Waals surface area (Å²) < 4.78 is 3.50. The van der Waals surface area contributed by atoms with Crippen molar-refractivity contribution in [2.24, 2.45) is 0 Å². The third-order valence-electron chi connectivity index (χ3n) is 6.23. The predicted octanol–water partition coefficient (Wildman–Crippen LogP) is 5.74. The lowest BCUT2D eigenvalue weighted by molar-refractivity contribution is 0.0961. The van der Waals surface area contributed by atoms with Gasteiger partial charge in [-0.05, 0) is 41.0 Å². The third-order valence-corrected chi connectivity index (χ3v) is 6.23. The summed E-state index contributed by atoms with van der Waals surface area (Å²) in [6.07, 6.45) is 1.70. The number of benzene rings is 3. The van der Waals surface area contributed by atoms with E-state index in [1.165, 1.54) is 0 Å². The Hall–Kier alpha value is -4.69. The SMILES string of the molecule is [C-]#[N+]c1ccccc1-c1ccc(Cn2c3c(c(=O)c4ccccc42)-c2cccn2C3=O)cc1. The Morgan fingerprint density at radius 2 is 1.58 bits per heavy atom. The second kappa shape index (κ2) is 7.18. The molecular formula is C28H17N3O2. The van der Waals surface area contributed by atoms with Crippen LogP contribution in [0.2, 0.25) is 0 Å². The molecule has 0 aliphatic carbocycles. The fourth-order valence-corrected chi connectivity index (χ4v) is 4.69. The summed E-state index contributed by atoms with van der Waals surface area (Å²) >= 11 is 0. The third kappa shape index (κ3) is 2.78. The van der Waals surface area contributed by atoms with Gasteiger partial charge in [0.25, 0.3) is 5.91 Å². The van der Waals surface area contributed by atoms with Gasteiger partial charge < -0.3 is 4.57 Å². The number of nitrogens with zero attached hydrogens (tertiary/aromatic N) is 3. The minimum atomic E-state index is -0.185. The molecule has 0 radical (unpaired) electrons. The van der Waals surface area contributed by atoms with Crippen molar-refractivity contribution in [3.05, 3.63) is 124 Å². The highest BCUT2D eigenvalue weighted by molar-refractivity contribution is 6.10. The summed E-state index contributed by atoms with van der Waals surface area (Å²) in [6.45, 7) is 7.86. The van der Waals surface area contributed by atoms with Crippen LogP contribution in [0.4, 0.5) is 5.69 Å². The quantitative estimate of drug-likeness (QED) is 0.338. The molecule has 1 aliphatic rings. The first-order chi connectivity index (χ1) is 16.2. The Bertz CT molecular complexity index is 1680. The van der Waals surface area contributed by atoms with Crippen molar-refractivity contribution in [1.82, 2.24) is 9.13 Å². The van der Waals surface area contributed by atoms with Crippen LogP contribution in [0.5, 0.6) is 0 Å². The molecule has 5 heteroatoms. The standard InChI is InChI=1S/C28H17N3O2/c1-29-22-9-4-2-7-20(22)19-14-12-18(13-15-19)17-31-23-10-5-3-8-21(23)27(32)25-24-11-6-16-30(24)28(33)26(25)31/h2-16H,17H2. The van der Waals surface area contributed by atoms with Crippen molar-refractivity contribution in [1.29, 1.82) is 0 Å². The zero-order valence-corrected chi connectivity index (χ0v) is 17.5. The highest BCUT2D eigenvalue weighted by Gasteiger charge is 2.32. The molecule has 1 aliphatic heterocycles. The lowest BCUT2D eigenvalue weighted by Crippen LogP contribution is -2.19. The Balaban J connectivity index is 1.50. The maximum absolute atomic E-state index is 13.3. The molecule has 0 N–H and O–H groups in total. The lowest BCUT2D eigenvalue weighted by atomic mass is 10.0. The van der Waals surface area contributed by atoms with E-state index in [1.807, 2.05) is 83.4 Å². The molecular weight excluding hydrogens is 410 g/mol. The summed E-state index contributed by atoms with van der Waals surface area (Å²) in [5, 5.41) is 0.598. The van der Waals surface area contributed by atoms with Gasteiger partial charge in [-0.15, -0.1) is 0 Å². The van der Waals surface area contributed by atoms with Gasteiger partial charge >= 0.3 is 0 Å². The fourth-order valence-electron chi connectivity index (χ4n) is 4.69. The van der Waals surface area contributed by atoms with Crippen molar-refractivity contribution in [2.45, 2.75) is 6.54 Å². The zero-order chi connectivity index (χ0) is 22.5. The molecule has 0 amide bonds. The number of rotatable bonds is 3. The topological polar surface area (TPSA) is 48.4 Å². The maximum Gasteiger partial charge on any atom is 0.279 e. The Morgan fingerprint density at radius 3 is 2.39 bits per heavy atom. The number of hydrogen-bond donors (Lipinski definition) is 0. The van der Waals surface area contributed by atoms with E-state index in [0.717, 1.165) is 22.2 Å². The summed E-state index contributed by atoms with van der Waals surface area (Å²) in [4.78, 5) is 30.1. The number of carbonyl (C=O) groups is 1. The summed E-state index contributed by atoms with van der Waals surface area (Å²) in [6, 6.07) is 26.6. The molecule has 0 saturated heterocycles. The number of pyridine rings is 1. The summed E-state index contributed by atoms with van der Waals surface area (Å²) in [7, 11) is 0. The van der Waals surface area contributed by atoms with E-state index >= 15 is 0 Å². The van der Waals surface area contributed by atoms with Crippen LogP contribution in [0.1, 0.15) is 16.1 Å². The molecule has 0 spiro atoms. The molecule has 156 valence electrons. The van der Waals surface area contributed by atoms with E-state index in [4.69, 9.17) is 6.57 Å². The first-order valence-electron chi connectivity index (χ1n) is 10.6. The largest absolute Gasteiger partial charge is 0.331 e. The van der Waals surface area contributed by atoms with Gasteiger partial charge in [0.2, 0.25) is 0 Å². The average Bonchev–Trinajstić information content (AvgIpc) is 3.44. The molecule has 6 rings (SSSR count). The van der Waals surface area contributed by atoms with Gasteiger partial charge in [0.05, 0.1) is 23.3 Å². The van der Waals surface area contributed by atoms with Crippen LogP contribution in [0.3, 0.4) is 0 Å².